The van der Waals surface area contributed by atoms with E-state index in [1.807, 2.05) is 74.0 Å². The van der Waals surface area contributed by atoms with E-state index in [0.717, 1.165) is 39.5 Å². The van der Waals surface area contributed by atoms with Crippen LogP contribution in [-0.2, 0) is 13.2 Å². The lowest BCUT2D eigenvalue weighted by atomic mass is 10.1. The summed E-state index contributed by atoms with van der Waals surface area (Å²) in [7, 11) is 0. The zero-order valence-corrected chi connectivity index (χ0v) is 19.7. The van der Waals surface area contributed by atoms with Crippen molar-refractivity contribution in [2.75, 3.05) is 5.32 Å². The number of amides is 1. The molecule has 1 aromatic heterocycles. The molecule has 6 heteroatoms. The third kappa shape index (κ3) is 5.44. The Morgan fingerprint density at radius 3 is 2.39 bits per heavy atom. The van der Waals surface area contributed by atoms with Crippen LogP contribution in [0.25, 0.3) is 0 Å². The fourth-order valence-corrected chi connectivity index (χ4v) is 3.72. The molecule has 0 saturated carbocycles. The summed E-state index contributed by atoms with van der Waals surface area (Å²) >= 11 is 6.06. The van der Waals surface area contributed by atoms with E-state index < -0.39 is 0 Å². The molecule has 0 aliphatic rings. The predicted octanol–water partition coefficient (Wildman–Crippen LogP) is 6.34. The Morgan fingerprint density at radius 2 is 1.70 bits per heavy atom. The summed E-state index contributed by atoms with van der Waals surface area (Å²) < 4.78 is 7.75. The number of aromatic nitrogens is 2. The Bertz CT molecular complexity index is 1260. The van der Waals surface area contributed by atoms with Crippen molar-refractivity contribution >= 4 is 23.2 Å². The molecule has 4 aromatic rings. The fraction of sp³-hybridized carbons (Fsp3) is 0.185. The van der Waals surface area contributed by atoms with Crippen LogP contribution in [0.5, 0.6) is 5.75 Å². The average Bonchev–Trinajstić information content (AvgIpc) is 3.08. The smallest absolute Gasteiger partial charge is 0.255 e. The van der Waals surface area contributed by atoms with Gasteiger partial charge in [-0.05, 0) is 67.8 Å². The molecule has 0 unspecified atom stereocenters. The van der Waals surface area contributed by atoms with Crippen molar-refractivity contribution in [1.29, 1.82) is 0 Å². The molecule has 0 saturated heterocycles. The summed E-state index contributed by atoms with van der Waals surface area (Å²) in [5.41, 5.74) is 6.15. The molecule has 33 heavy (non-hydrogen) atoms. The topological polar surface area (TPSA) is 56.1 Å². The van der Waals surface area contributed by atoms with E-state index in [0.29, 0.717) is 23.7 Å². The molecule has 0 radical (unpaired) electrons. The molecule has 0 bridgehead atoms. The first kappa shape index (κ1) is 22.6. The van der Waals surface area contributed by atoms with Crippen molar-refractivity contribution in [3.8, 4) is 5.75 Å². The first-order valence-electron chi connectivity index (χ1n) is 10.8. The first-order valence-corrected chi connectivity index (χ1v) is 11.2. The van der Waals surface area contributed by atoms with E-state index in [1.165, 1.54) is 0 Å². The summed E-state index contributed by atoms with van der Waals surface area (Å²) in [4.78, 5) is 12.9. The maximum atomic E-state index is 12.9. The highest BCUT2D eigenvalue weighted by Crippen LogP contribution is 2.23. The largest absolute Gasteiger partial charge is 0.489 e. The van der Waals surface area contributed by atoms with Gasteiger partial charge in [-0.15, -0.1) is 0 Å². The second-order valence-electron chi connectivity index (χ2n) is 8.04. The van der Waals surface area contributed by atoms with Gasteiger partial charge < -0.3 is 10.1 Å². The number of nitrogens with zero attached hydrogens (tertiary/aromatic N) is 2. The van der Waals surface area contributed by atoms with Crippen LogP contribution in [0, 0.1) is 20.8 Å². The van der Waals surface area contributed by atoms with E-state index in [4.69, 9.17) is 16.3 Å². The molecule has 0 fully saturated rings. The highest BCUT2D eigenvalue weighted by atomic mass is 35.5. The summed E-state index contributed by atoms with van der Waals surface area (Å²) in [5, 5.41) is 8.35. The summed E-state index contributed by atoms with van der Waals surface area (Å²) in [5.74, 6) is 0.596. The number of anilines is 1. The van der Waals surface area contributed by atoms with Crippen LogP contribution in [0.15, 0.2) is 72.8 Å². The number of carbonyl (C=O) groups is 1. The number of aryl methyl sites for hydroxylation is 2. The standard InChI is InChI=1S/C27H26ClN3O2/c1-18-15-24(13-14-25(18)28)33-17-22-9-11-23(12-10-22)27(32)29-26-19(2)30-31(20(26)3)16-21-7-5-4-6-8-21/h4-15H,16-17H2,1-3H3,(H,29,32). The Kier molecular flexibility index (Phi) is 6.80. The molecule has 5 nitrogen and oxygen atoms in total. The Hall–Kier alpha value is -3.57. The molecule has 0 atom stereocenters. The van der Waals surface area contributed by atoms with Crippen LogP contribution in [0.1, 0.15) is 38.4 Å². The minimum atomic E-state index is -0.166. The molecule has 1 amide bonds. The number of carbonyl (C=O) groups excluding carboxylic acids is 1. The lowest BCUT2D eigenvalue weighted by Gasteiger charge is -2.09. The van der Waals surface area contributed by atoms with Gasteiger partial charge >= 0.3 is 0 Å². The van der Waals surface area contributed by atoms with Crippen molar-refractivity contribution in [2.45, 2.75) is 33.9 Å². The van der Waals surface area contributed by atoms with E-state index in [1.54, 1.807) is 12.1 Å². The molecule has 0 aliphatic heterocycles. The van der Waals surface area contributed by atoms with Crippen LogP contribution in [0.4, 0.5) is 5.69 Å². The third-order valence-electron chi connectivity index (χ3n) is 5.55. The number of ether oxygens (including phenoxy) is 1. The summed E-state index contributed by atoms with van der Waals surface area (Å²) in [6, 6.07) is 23.1. The summed E-state index contributed by atoms with van der Waals surface area (Å²) in [6.07, 6.45) is 0. The normalized spacial score (nSPS) is 10.8. The Balaban J connectivity index is 1.40. The Labute approximate surface area is 199 Å². The van der Waals surface area contributed by atoms with E-state index in [2.05, 4.69) is 22.5 Å². The molecule has 1 heterocycles. The number of rotatable bonds is 7. The van der Waals surface area contributed by atoms with Gasteiger partial charge in [-0.2, -0.15) is 5.10 Å². The maximum Gasteiger partial charge on any atom is 0.255 e. The first-order chi connectivity index (χ1) is 15.9. The molecule has 3 aromatic carbocycles. The van der Waals surface area contributed by atoms with Crippen molar-refractivity contribution in [3.63, 3.8) is 0 Å². The molecule has 0 spiro atoms. The quantitative estimate of drug-likeness (QED) is 0.350. The lowest BCUT2D eigenvalue weighted by molar-refractivity contribution is 0.102. The van der Waals surface area contributed by atoms with Crippen LogP contribution in [0.2, 0.25) is 5.02 Å². The highest BCUT2D eigenvalue weighted by molar-refractivity contribution is 6.31. The van der Waals surface area contributed by atoms with Crippen LogP contribution in [0.3, 0.4) is 0 Å². The fourth-order valence-electron chi connectivity index (χ4n) is 3.60. The lowest BCUT2D eigenvalue weighted by Crippen LogP contribution is -2.13. The maximum absolute atomic E-state index is 12.9. The average molecular weight is 460 g/mol. The number of benzene rings is 3. The number of hydrogen-bond donors (Lipinski definition) is 1. The highest BCUT2D eigenvalue weighted by Gasteiger charge is 2.15. The second kappa shape index (κ2) is 9.92. The van der Waals surface area contributed by atoms with E-state index >= 15 is 0 Å². The van der Waals surface area contributed by atoms with Crippen LogP contribution >= 0.6 is 11.6 Å². The van der Waals surface area contributed by atoms with Gasteiger partial charge in [0.05, 0.1) is 23.6 Å². The second-order valence-corrected chi connectivity index (χ2v) is 8.45. The van der Waals surface area contributed by atoms with E-state index in [9.17, 15) is 4.79 Å². The monoisotopic (exact) mass is 459 g/mol. The van der Waals surface area contributed by atoms with Gasteiger partial charge in [0.2, 0.25) is 0 Å². The van der Waals surface area contributed by atoms with Crippen molar-refractivity contribution in [1.82, 2.24) is 9.78 Å². The van der Waals surface area contributed by atoms with Gasteiger partial charge in [0, 0.05) is 10.6 Å². The number of halogens is 1. The molecule has 1 N–H and O–H groups in total. The van der Waals surface area contributed by atoms with Gasteiger partial charge in [-0.1, -0.05) is 54.1 Å². The molecule has 0 aliphatic carbocycles. The van der Waals surface area contributed by atoms with Crippen LogP contribution < -0.4 is 10.1 Å². The SMILES string of the molecule is Cc1cc(OCc2ccc(C(=O)Nc3c(C)nn(Cc4ccccc4)c3C)cc2)ccc1Cl. The Morgan fingerprint density at radius 1 is 0.970 bits per heavy atom. The van der Waals surface area contributed by atoms with Gasteiger partial charge in [0.15, 0.2) is 0 Å². The zero-order valence-electron chi connectivity index (χ0n) is 18.9. The summed E-state index contributed by atoms with van der Waals surface area (Å²) in [6.45, 7) is 6.89. The van der Waals surface area contributed by atoms with E-state index in [-0.39, 0.29) is 5.91 Å². The van der Waals surface area contributed by atoms with Gasteiger partial charge in [-0.3, -0.25) is 9.48 Å². The van der Waals surface area contributed by atoms with Crippen molar-refractivity contribution in [3.05, 3.63) is 111 Å². The third-order valence-corrected chi connectivity index (χ3v) is 5.97. The van der Waals surface area contributed by atoms with Gasteiger partial charge in [0.25, 0.3) is 5.91 Å². The molecule has 168 valence electrons. The van der Waals surface area contributed by atoms with Gasteiger partial charge in [0.1, 0.15) is 12.4 Å². The molecular formula is C27H26ClN3O2. The minimum Gasteiger partial charge on any atom is -0.489 e. The minimum absolute atomic E-state index is 0.166. The van der Waals surface area contributed by atoms with Gasteiger partial charge in [-0.25, -0.2) is 0 Å². The van der Waals surface area contributed by atoms with Crippen LogP contribution in [-0.4, -0.2) is 15.7 Å². The van der Waals surface area contributed by atoms with Crippen molar-refractivity contribution < 1.29 is 9.53 Å². The zero-order chi connectivity index (χ0) is 23.4. The predicted molar refractivity (Wildman–Crippen MR) is 132 cm³/mol. The van der Waals surface area contributed by atoms with Crippen molar-refractivity contribution in [2.24, 2.45) is 0 Å². The number of nitrogens with one attached hydrogen (secondary N) is 1. The molecule has 4 rings (SSSR count). The molecular weight excluding hydrogens is 434 g/mol. The number of hydrogen-bond acceptors (Lipinski definition) is 3.